The first-order valence-corrected chi connectivity index (χ1v) is 9.82. The zero-order valence-electron chi connectivity index (χ0n) is 15.8. The minimum atomic E-state index is -0.939. The van der Waals surface area contributed by atoms with Crippen molar-refractivity contribution in [1.82, 2.24) is 0 Å². The summed E-state index contributed by atoms with van der Waals surface area (Å²) in [6, 6.07) is 17.1. The van der Waals surface area contributed by atoms with Gasteiger partial charge in [0.05, 0.1) is 5.57 Å². The lowest BCUT2D eigenvalue weighted by Crippen LogP contribution is -2.09. The minimum Gasteiger partial charge on any atom is -0.490 e. The number of aryl methyl sites for hydroxylation is 2. The molecule has 1 N–H and O–H groups in total. The number of rotatable bonds is 8. The van der Waals surface area contributed by atoms with E-state index in [1.54, 1.807) is 12.1 Å². The Morgan fingerprint density at radius 1 is 1.04 bits per heavy atom. The molecule has 3 aromatic rings. The third kappa shape index (κ3) is 5.24. The van der Waals surface area contributed by atoms with Crippen LogP contribution in [0.1, 0.15) is 21.6 Å². The monoisotopic (exact) mass is 394 g/mol. The molecule has 0 saturated carbocycles. The summed E-state index contributed by atoms with van der Waals surface area (Å²) in [6.45, 7) is 4.93. The van der Waals surface area contributed by atoms with E-state index in [2.05, 4.69) is 6.07 Å². The molecule has 2 aromatic carbocycles. The molecular weight excluding hydrogens is 372 g/mol. The minimum absolute atomic E-state index is 0.283. The average molecular weight is 394 g/mol. The van der Waals surface area contributed by atoms with Crippen LogP contribution in [-0.4, -0.2) is 24.3 Å². The Morgan fingerprint density at radius 3 is 2.46 bits per heavy atom. The van der Waals surface area contributed by atoms with Crippen LogP contribution in [0.3, 0.4) is 0 Å². The largest absolute Gasteiger partial charge is 0.490 e. The van der Waals surface area contributed by atoms with E-state index in [1.807, 2.05) is 61.7 Å². The van der Waals surface area contributed by atoms with Gasteiger partial charge in [0.1, 0.15) is 24.7 Å². The molecule has 3 rings (SSSR count). The lowest BCUT2D eigenvalue weighted by Gasteiger charge is -2.11. The molecule has 1 heterocycles. The maximum absolute atomic E-state index is 11.5. The van der Waals surface area contributed by atoms with Gasteiger partial charge in [0.25, 0.3) is 0 Å². The van der Waals surface area contributed by atoms with Crippen molar-refractivity contribution in [2.45, 2.75) is 13.8 Å². The van der Waals surface area contributed by atoms with Crippen molar-refractivity contribution >= 4 is 29.0 Å². The van der Waals surface area contributed by atoms with Crippen LogP contribution in [0, 0.1) is 13.8 Å². The first-order valence-electron chi connectivity index (χ1n) is 8.95. The molecule has 0 aliphatic carbocycles. The Morgan fingerprint density at radius 2 is 1.79 bits per heavy atom. The Balaban J connectivity index is 1.56. The molecule has 0 saturated heterocycles. The van der Waals surface area contributed by atoms with Gasteiger partial charge in [-0.3, -0.25) is 0 Å². The molecule has 144 valence electrons. The highest BCUT2D eigenvalue weighted by molar-refractivity contribution is 7.11. The summed E-state index contributed by atoms with van der Waals surface area (Å²) in [4.78, 5) is 12.2. The lowest BCUT2D eigenvalue weighted by molar-refractivity contribution is -0.130. The van der Waals surface area contributed by atoms with E-state index in [4.69, 9.17) is 9.47 Å². The topological polar surface area (TPSA) is 55.8 Å². The molecule has 0 unspecified atom stereocenters. The Kier molecular flexibility index (Phi) is 6.50. The molecule has 1 aromatic heterocycles. The zero-order valence-corrected chi connectivity index (χ0v) is 16.7. The van der Waals surface area contributed by atoms with Gasteiger partial charge in [-0.05, 0) is 66.3 Å². The standard InChI is InChI=1S/C23H22O4S/c1-16-5-6-17(2)21(14-16)27-12-11-26-19-9-7-18(8-10-19)15-20(23(24)25)22-4-3-13-28-22/h3-10,13-15H,11-12H2,1-2H3,(H,24,25)/b20-15-. The van der Waals surface area contributed by atoms with Crippen LogP contribution in [0.25, 0.3) is 11.6 Å². The van der Waals surface area contributed by atoms with Gasteiger partial charge in [-0.25, -0.2) is 4.79 Å². The third-order valence-electron chi connectivity index (χ3n) is 4.16. The van der Waals surface area contributed by atoms with Crippen molar-refractivity contribution in [3.8, 4) is 11.5 Å². The fraction of sp³-hybridized carbons (Fsp3) is 0.174. The van der Waals surface area contributed by atoms with E-state index >= 15 is 0 Å². The molecule has 0 fully saturated rings. The highest BCUT2D eigenvalue weighted by atomic mass is 32.1. The number of hydrogen-bond acceptors (Lipinski definition) is 4. The van der Waals surface area contributed by atoms with Crippen LogP contribution < -0.4 is 9.47 Å². The number of carboxylic acids is 1. The van der Waals surface area contributed by atoms with E-state index in [0.29, 0.717) is 13.2 Å². The number of ether oxygens (including phenoxy) is 2. The fourth-order valence-electron chi connectivity index (χ4n) is 2.67. The summed E-state index contributed by atoms with van der Waals surface area (Å²) in [5.74, 6) is 0.653. The van der Waals surface area contributed by atoms with E-state index < -0.39 is 5.97 Å². The second-order valence-electron chi connectivity index (χ2n) is 6.38. The predicted octanol–water partition coefficient (Wildman–Crippen LogP) is 5.45. The van der Waals surface area contributed by atoms with E-state index in [9.17, 15) is 9.90 Å². The number of hydrogen-bond donors (Lipinski definition) is 1. The summed E-state index contributed by atoms with van der Waals surface area (Å²) >= 11 is 1.41. The summed E-state index contributed by atoms with van der Waals surface area (Å²) in [5.41, 5.74) is 3.35. The fourth-order valence-corrected chi connectivity index (χ4v) is 3.41. The predicted molar refractivity (Wildman–Crippen MR) is 113 cm³/mol. The normalized spacial score (nSPS) is 11.3. The highest BCUT2D eigenvalue weighted by Gasteiger charge is 2.11. The zero-order chi connectivity index (χ0) is 19.9. The SMILES string of the molecule is Cc1ccc(C)c(OCCOc2ccc(/C=C(\C(=O)O)c3cccs3)cc2)c1. The van der Waals surface area contributed by atoms with Gasteiger partial charge in [0.2, 0.25) is 0 Å². The molecule has 0 atom stereocenters. The van der Waals surface area contributed by atoms with E-state index in [-0.39, 0.29) is 5.57 Å². The number of aliphatic carboxylic acids is 1. The van der Waals surface area contributed by atoms with Crippen LogP contribution in [0.2, 0.25) is 0 Å². The lowest BCUT2D eigenvalue weighted by atomic mass is 10.1. The van der Waals surface area contributed by atoms with Crippen LogP contribution in [0.15, 0.2) is 60.0 Å². The Hall–Kier alpha value is -3.05. The molecule has 0 amide bonds. The van der Waals surface area contributed by atoms with Gasteiger partial charge < -0.3 is 14.6 Å². The molecule has 0 spiro atoms. The molecule has 0 aliphatic heterocycles. The van der Waals surface area contributed by atoms with Crippen LogP contribution in [0.5, 0.6) is 11.5 Å². The quantitative estimate of drug-likeness (QED) is 0.408. The summed E-state index contributed by atoms with van der Waals surface area (Å²) in [5, 5.41) is 11.3. The van der Waals surface area contributed by atoms with Crippen molar-refractivity contribution in [1.29, 1.82) is 0 Å². The molecule has 4 nitrogen and oxygen atoms in total. The third-order valence-corrected chi connectivity index (χ3v) is 5.06. The molecule has 28 heavy (non-hydrogen) atoms. The van der Waals surface area contributed by atoms with Gasteiger partial charge in [-0.15, -0.1) is 11.3 Å². The Bertz CT molecular complexity index is 957. The van der Waals surface area contributed by atoms with Gasteiger partial charge in [0, 0.05) is 4.88 Å². The maximum atomic E-state index is 11.5. The second kappa shape index (κ2) is 9.24. The molecule has 0 aliphatic rings. The van der Waals surface area contributed by atoms with Crippen molar-refractivity contribution in [2.24, 2.45) is 0 Å². The van der Waals surface area contributed by atoms with Crippen LogP contribution in [0.4, 0.5) is 0 Å². The number of benzene rings is 2. The summed E-state index contributed by atoms with van der Waals surface area (Å²) < 4.78 is 11.5. The molecule has 0 bridgehead atoms. The van der Waals surface area contributed by atoms with Crippen LogP contribution in [-0.2, 0) is 4.79 Å². The maximum Gasteiger partial charge on any atom is 0.337 e. The molecule has 0 radical (unpaired) electrons. The Labute approximate surface area is 168 Å². The number of thiophene rings is 1. The van der Waals surface area contributed by atoms with Gasteiger partial charge >= 0.3 is 5.97 Å². The average Bonchev–Trinajstić information content (AvgIpc) is 3.21. The van der Waals surface area contributed by atoms with E-state index in [1.165, 1.54) is 11.3 Å². The first-order chi connectivity index (χ1) is 13.5. The van der Waals surface area contributed by atoms with Crippen molar-refractivity contribution < 1.29 is 19.4 Å². The molecule has 5 heteroatoms. The molecular formula is C23H22O4S. The van der Waals surface area contributed by atoms with Gasteiger partial charge in [0.15, 0.2) is 0 Å². The van der Waals surface area contributed by atoms with Crippen molar-refractivity contribution in [3.05, 3.63) is 81.5 Å². The first kappa shape index (κ1) is 19.7. The van der Waals surface area contributed by atoms with E-state index in [0.717, 1.165) is 33.1 Å². The van der Waals surface area contributed by atoms with Gasteiger partial charge in [-0.1, -0.05) is 30.3 Å². The second-order valence-corrected chi connectivity index (χ2v) is 7.32. The number of carboxylic acid groups (broad SMARTS) is 1. The van der Waals surface area contributed by atoms with Crippen molar-refractivity contribution in [3.63, 3.8) is 0 Å². The number of carbonyl (C=O) groups is 1. The highest BCUT2D eigenvalue weighted by Crippen LogP contribution is 2.24. The summed E-state index contributed by atoms with van der Waals surface area (Å²) in [7, 11) is 0. The van der Waals surface area contributed by atoms with Crippen molar-refractivity contribution in [2.75, 3.05) is 13.2 Å². The summed E-state index contributed by atoms with van der Waals surface area (Å²) in [6.07, 6.45) is 1.67. The van der Waals surface area contributed by atoms with Gasteiger partial charge in [-0.2, -0.15) is 0 Å². The van der Waals surface area contributed by atoms with Crippen LogP contribution >= 0.6 is 11.3 Å². The smallest absolute Gasteiger partial charge is 0.337 e.